The molecule has 0 aliphatic rings. The number of nitriles is 1. The van der Waals surface area contributed by atoms with E-state index in [1.165, 1.54) is 5.56 Å². The number of fused-ring (bicyclic) bond motifs is 1. The zero-order valence-electron chi connectivity index (χ0n) is 11.7. The summed E-state index contributed by atoms with van der Waals surface area (Å²) in [5, 5.41) is 13.4. The van der Waals surface area contributed by atoms with Crippen LogP contribution in [0.2, 0.25) is 0 Å². The lowest BCUT2D eigenvalue weighted by Crippen LogP contribution is -2.04. The molecule has 4 nitrogen and oxygen atoms in total. The second-order valence-corrected chi connectivity index (χ2v) is 4.84. The summed E-state index contributed by atoms with van der Waals surface area (Å²) in [6, 6.07) is 13.7. The third kappa shape index (κ3) is 2.67. The molecule has 2 heterocycles. The highest BCUT2D eigenvalue weighted by molar-refractivity contribution is 5.86. The van der Waals surface area contributed by atoms with E-state index in [2.05, 4.69) is 21.4 Å². The van der Waals surface area contributed by atoms with Gasteiger partial charge in [-0.15, -0.1) is 0 Å². The number of nitrogens with zero attached hydrogens (tertiary/aromatic N) is 3. The number of aryl methyl sites for hydroxylation is 1. The van der Waals surface area contributed by atoms with Crippen LogP contribution < -0.4 is 5.32 Å². The second kappa shape index (κ2) is 5.59. The minimum atomic E-state index is 0.631. The third-order valence-corrected chi connectivity index (χ3v) is 3.44. The van der Waals surface area contributed by atoms with Crippen LogP contribution in [0.5, 0.6) is 0 Å². The third-order valence-electron chi connectivity index (χ3n) is 3.44. The Hall–Kier alpha value is -2.93. The molecule has 0 bridgehead atoms. The highest BCUT2D eigenvalue weighted by atomic mass is 15.0. The zero-order valence-corrected chi connectivity index (χ0v) is 11.7. The Balaban J connectivity index is 1.91. The molecule has 3 aromatic rings. The smallest absolute Gasteiger partial charge is 0.128 e. The average Bonchev–Trinajstić information content (AvgIpc) is 2.53. The second-order valence-electron chi connectivity index (χ2n) is 4.84. The lowest BCUT2D eigenvalue weighted by Gasteiger charge is -2.09. The molecule has 3 rings (SSSR count). The van der Waals surface area contributed by atoms with Crippen LogP contribution in [-0.2, 0) is 6.54 Å². The van der Waals surface area contributed by atoms with Crippen molar-refractivity contribution in [3.05, 3.63) is 65.5 Å². The number of rotatable bonds is 3. The standard InChI is InChI=1S/C17H14N4/c1-12-6-7-19-10-14(12)11-20-17-8-13(9-18)15-4-2-3-5-16(15)21-17/h2-8,10H,11H2,1H3,(H,20,21). The summed E-state index contributed by atoms with van der Waals surface area (Å²) in [7, 11) is 0. The van der Waals surface area contributed by atoms with Crippen molar-refractivity contribution in [3.8, 4) is 6.07 Å². The Kier molecular flexibility index (Phi) is 3.48. The molecular weight excluding hydrogens is 260 g/mol. The van der Waals surface area contributed by atoms with Gasteiger partial charge in [-0.05, 0) is 36.2 Å². The predicted octanol–water partition coefficient (Wildman–Crippen LogP) is 3.42. The first-order valence-corrected chi connectivity index (χ1v) is 6.71. The number of nitrogens with one attached hydrogen (secondary N) is 1. The molecule has 0 aliphatic carbocycles. The van der Waals surface area contributed by atoms with Gasteiger partial charge in [-0.1, -0.05) is 18.2 Å². The summed E-state index contributed by atoms with van der Waals surface area (Å²) >= 11 is 0. The van der Waals surface area contributed by atoms with Crippen LogP contribution in [0.4, 0.5) is 5.82 Å². The molecule has 0 spiro atoms. The van der Waals surface area contributed by atoms with E-state index < -0.39 is 0 Å². The molecule has 0 saturated carbocycles. The summed E-state index contributed by atoms with van der Waals surface area (Å²) in [4.78, 5) is 8.67. The van der Waals surface area contributed by atoms with E-state index in [1.807, 2.05) is 43.5 Å². The quantitative estimate of drug-likeness (QED) is 0.795. The van der Waals surface area contributed by atoms with E-state index >= 15 is 0 Å². The molecule has 102 valence electrons. The molecule has 0 aliphatic heterocycles. The fourth-order valence-corrected chi connectivity index (χ4v) is 2.23. The van der Waals surface area contributed by atoms with Crippen molar-refractivity contribution in [1.29, 1.82) is 5.26 Å². The van der Waals surface area contributed by atoms with Gasteiger partial charge in [-0.3, -0.25) is 4.98 Å². The van der Waals surface area contributed by atoms with E-state index in [0.717, 1.165) is 16.5 Å². The van der Waals surface area contributed by atoms with Crippen LogP contribution in [0.25, 0.3) is 10.9 Å². The Morgan fingerprint density at radius 3 is 2.90 bits per heavy atom. The van der Waals surface area contributed by atoms with Crippen molar-refractivity contribution in [2.45, 2.75) is 13.5 Å². The van der Waals surface area contributed by atoms with Gasteiger partial charge in [0, 0.05) is 24.3 Å². The van der Waals surface area contributed by atoms with Crippen LogP contribution >= 0.6 is 0 Å². The number of anilines is 1. The largest absolute Gasteiger partial charge is 0.366 e. The van der Waals surface area contributed by atoms with E-state index in [-0.39, 0.29) is 0 Å². The van der Waals surface area contributed by atoms with Gasteiger partial charge < -0.3 is 5.32 Å². The monoisotopic (exact) mass is 274 g/mol. The van der Waals surface area contributed by atoms with Crippen LogP contribution in [0.1, 0.15) is 16.7 Å². The van der Waals surface area contributed by atoms with Crippen molar-refractivity contribution in [1.82, 2.24) is 9.97 Å². The fraction of sp³-hybridized carbons (Fsp3) is 0.118. The Morgan fingerprint density at radius 2 is 2.10 bits per heavy atom. The van der Waals surface area contributed by atoms with Crippen LogP contribution in [0.3, 0.4) is 0 Å². The highest BCUT2D eigenvalue weighted by Gasteiger charge is 2.05. The summed E-state index contributed by atoms with van der Waals surface area (Å²) in [5.41, 5.74) is 3.75. The predicted molar refractivity (Wildman–Crippen MR) is 82.8 cm³/mol. The van der Waals surface area contributed by atoms with E-state index in [9.17, 15) is 5.26 Å². The van der Waals surface area contributed by atoms with Crippen LogP contribution in [0, 0.1) is 18.3 Å². The number of hydrogen-bond acceptors (Lipinski definition) is 4. The Morgan fingerprint density at radius 1 is 1.24 bits per heavy atom. The van der Waals surface area contributed by atoms with Gasteiger partial charge in [0.2, 0.25) is 0 Å². The summed E-state index contributed by atoms with van der Waals surface area (Å²) < 4.78 is 0. The highest BCUT2D eigenvalue weighted by Crippen LogP contribution is 2.20. The molecule has 1 N–H and O–H groups in total. The van der Waals surface area contributed by atoms with E-state index in [0.29, 0.717) is 17.9 Å². The van der Waals surface area contributed by atoms with Gasteiger partial charge in [-0.25, -0.2) is 4.98 Å². The van der Waals surface area contributed by atoms with Crippen molar-refractivity contribution in [2.24, 2.45) is 0 Å². The first kappa shape index (κ1) is 13.1. The molecule has 0 unspecified atom stereocenters. The minimum absolute atomic E-state index is 0.631. The first-order valence-electron chi connectivity index (χ1n) is 6.71. The first-order chi connectivity index (χ1) is 10.3. The molecule has 0 amide bonds. The molecule has 21 heavy (non-hydrogen) atoms. The minimum Gasteiger partial charge on any atom is -0.366 e. The maximum absolute atomic E-state index is 9.27. The fourth-order valence-electron chi connectivity index (χ4n) is 2.23. The molecule has 0 fully saturated rings. The molecular formula is C17H14N4. The molecule has 4 heteroatoms. The van der Waals surface area contributed by atoms with Gasteiger partial charge in [0.25, 0.3) is 0 Å². The van der Waals surface area contributed by atoms with Gasteiger partial charge in [0.1, 0.15) is 5.82 Å². The average molecular weight is 274 g/mol. The number of para-hydroxylation sites is 1. The molecule has 0 atom stereocenters. The maximum atomic E-state index is 9.27. The normalized spacial score (nSPS) is 10.3. The van der Waals surface area contributed by atoms with E-state index in [1.54, 1.807) is 12.3 Å². The number of aromatic nitrogens is 2. The lowest BCUT2D eigenvalue weighted by atomic mass is 10.1. The molecule has 0 saturated heterocycles. The summed E-state index contributed by atoms with van der Waals surface area (Å²) in [6.45, 7) is 2.68. The van der Waals surface area contributed by atoms with Gasteiger partial charge >= 0.3 is 0 Å². The SMILES string of the molecule is Cc1ccncc1CNc1cc(C#N)c2ccccc2n1. The Labute approximate surface area is 123 Å². The molecule has 1 aromatic carbocycles. The number of pyridine rings is 2. The summed E-state index contributed by atoms with van der Waals surface area (Å²) in [6.07, 6.45) is 3.62. The van der Waals surface area contributed by atoms with Gasteiger partial charge in [0.15, 0.2) is 0 Å². The van der Waals surface area contributed by atoms with Crippen molar-refractivity contribution in [3.63, 3.8) is 0 Å². The Bertz CT molecular complexity index is 834. The molecule has 2 aromatic heterocycles. The topological polar surface area (TPSA) is 61.6 Å². The van der Waals surface area contributed by atoms with Gasteiger partial charge in [-0.2, -0.15) is 5.26 Å². The van der Waals surface area contributed by atoms with Crippen LogP contribution in [0.15, 0.2) is 48.8 Å². The zero-order chi connectivity index (χ0) is 14.7. The maximum Gasteiger partial charge on any atom is 0.128 e. The number of benzene rings is 1. The molecule has 0 radical (unpaired) electrons. The number of hydrogen-bond donors (Lipinski definition) is 1. The van der Waals surface area contributed by atoms with Crippen molar-refractivity contribution >= 4 is 16.7 Å². The van der Waals surface area contributed by atoms with Crippen LogP contribution in [-0.4, -0.2) is 9.97 Å². The van der Waals surface area contributed by atoms with Crippen molar-refractivity contribution in [2.75, 3.05) is 5.32 Å². The van der Waals surface area contributed by atoms with Crippen molar-refractivity contribution < 1.29 is 0 Å². The van der Waals surface area contributed by atoms with Gasteiger partial charge in [0.05, 0.1) is 17.1 Å². The summed E-state index contributed by atoms with van der Waals surface area (Å²) in [5.74, 6) is 0.702. The lowest BCUT2D eigenvalue weighted by molar-refractivity contribution is 1.07. The van der Waals surface area contributed by atoms with E-state index in [4.69, 9.17) is 0 Å².